The van der Waals surface area contributed by atoms with Crippen LogP contribution in [0.3, 0.4) is 0 Å². The van der Waals surface area contributed by atoms with Gasteiger partial charge in [0.25, 0.3) is 0 Å². The van der Waals surface area contributed by atoms with E-state index in [9.17, 15) is 4.79 Å². The number of ether oxygens (including phenoxy) is 3. The molecule has 23 heavy (non-hydrogen) atoms. The fourth-order valence-electron chi connectivity index (χ4n) is 1.72. The third-order valence-corrected chi connectivity index (χ3v) is 3.19. The second-order valence-corrected chi connectivity index (χ2v) is 6.04. The second kappa shape index (κ2) is 9.60. The zero-order chi connectivity index (χ0) is 16.8. The summed E-state index contributed by atoms with van der Waals surface area (Å²) >= 11 is 0. The number of anilines is 1. The van der Waals surface area contributed by atoms with E-state index in [0.717, 1.165) is 0 Å². The van der Waals surface area contributed by atoms with Gasteiger partial charge in [-0.25, -0.2) is 0 Å². The van der Waals surface area contributed by atoms with Gasteiger partial charge in [-0.15, -0.1) is 12.4 Å². The fraction of sp³-hybridized carbons (Fsp3) is 0.562. The van der Waals surface area contributed by atoms with Gasteiger partial charge in [0.2, 0.25) is 5.91 Å². The van der Waals surface area contributed by atoms with E-state index in [1.54, 1.807) is 32.4 Å². The Balaban J connectivity index is 0.00000484. The van der Waals surface area contributed by atoms with Crippen LogP contribution in [0.1, 0.15) is 20.8 Å². The van der Waals surface area contributed by atoms with Gasteiger partial charge in [-0.2, -0.15) is 0 Å². The van der Waals surface area contributed by atoms with Gasteiger partial charge in [0, 0.05) is 18.9 Å². The molecule has 0 bridgehead atoms. The zero-order valence-electron chi connectivity index (χ0n) is 14.3. The number of nitrogens with two attached hydrogens (primary N) is 1. The van der Waals surface area contributed by atoms with Crippen molar-refractivity contribution >= 4 is 24.0 Å². The lowest BCUT2D eigenvalue weighted by molar-refractivity contribution is -0.119. The van der Waals surface area contributed by atoms with Crippen molar-refractivity contribution in [2.45, 2.75) is 26.8 Å². The molecule has 1 atom stereocenters. The van der Waals surface area contributed by atoms with Crippen LogP contribution >= 0.6 is 12.4 Å². The molecule has 0 aliphatic heterocycles. The Morgan fingerprint density at radius 3 is 2.39 bits per heavy atom. The quantitative estimate of drug-likeness (QED) is 0.741. The standard InChI is InChI=1S/C16H26N2O4.ClH/c1-16(2,3)14(17)15(19)18-11-6-7-12(21-5)13(10-11)22-9-8-20-4;/h6-7,10,14H,8-9,17H2,1-5H3,(H,18,19);1H/t14-;/m1./s1. The van der Waals surface area contributed by atoms with E-state index < -0.39 is 6.04 Å². The van der Waals surface area contributed by atoms with Gasteiger partial charge >= 0.3 is 0 Å². The molecule has 0 saturated carbocycles. The number of rotatable bonds is 7. The van der Waals surface area contributed by atoms with E-state index in [1.807, 2.05) is 20.8 Å². The van der Waals surface area contributed by atoms with E-state index >= 15 is 0 Å². The first-order valence-corrected chi connectivity index (χ1v) is 7.15. The lowest BCUT2D eigenvalue weighted by Crippen LogP contribution is -2.45. The predicted molar refractivity (Wildman–Crippen MR) is 93.7 cm³/mol. The van der Waals surface area contributed by atoms with Crippen molar-refractivity contribution in [1.29, 1.82) is 0 Å². The van der Waals surface area contributed by atoms with Crippen molar-refractivity contribution in [3.8, 4) is 11.5 Å². The number of hydrogen-bond acceptors (Lipinski definition) is 5. The molecule has 132 valence electrons. The maximum Gasteiger partial charge on any atom is 0.241 e. The van der Waals surface area contributed by atoms with Crippen LogP contribution in [-0.4, -0.2) is 39.4 Å². The molecule has 0 saturated heterocycles. The largest absolute Gasteiger partial charge is 0.493 e. The van der Waals surface area contributed by atoms with E-state index in [2.05, 4.69) is 5.32 Å². The molecule has 0 aliphatic carbocycles. The van der Waals surface area contributed by atoms with Crippen LogP contribution in [0.5, 0.6) is 11.5 Å². The molecule has 3 N–H and O–H groups in total. The summed E-state index contributed by atoms with van der Waals surface area (Å²) in [5.74, 6) is 0.899. The van der Waals surface area contributed by atoms with Crippen LogP contribution in [-0.2, 0) is 9.53 Å². The molecule has 0 spiro atoms. The van der Waals surface area contributed by atoms with Crippen LogP contribution in [0.15, 0.2) is 18.2 Å². The van der Waals surface area contributed by atoms with E-state index in [-0.39, 0.29) is 23.7 Å². The van der Waals surface area contributed by atoms with Crippen molar-refractivity contribution in [1.82, 2.24) is 0 Å². The second-order valence-electron chi connectivity index (χ2n) is 6.04. The summed E-state index contributed by atoms with van der Waals surface area (Å²) in [6, 6.07) is 4.59. The topological polar surface area (TPSA) is 82.8 Å². The van der Waals surface area contributed by atoms with Crippen LogP contribution in [0.2, 0.25) is 0 Å². The minimum Gasteiger partial charge on any atom is -0.493 e. The maximum absolute atomic E-state index is 12.2. The summed E-state index contributed by atoms with van der Waals surface area (Å²) in [5, 5.41) is 2.80. The average Bonchev–Trinajstić information content (AvgIpc) is 2.46. The van der Waals surface area contributed by atoms with Gasteiger partial charge < -0.3 is 25.3 Å². The molecule has 1 amide bonds. The molecule has 6 nitrogen and oxygen atoms in total. The summed E-state index contributed by atoms with van der Waals surface area (Å²) in [6.45, 7) is 6.63. The SMILES string of the molecule is COCCOc1cc(NC(=O)[C@@H](N)C(C)(C)C)ccc1OC.Cl. The molecule has 0 unspecified atom stereocenters. The van der Waals surface area contributed by atoms with Crippen LogP contribution < -0.4 is 20.5 Å². The number of amides is 1. The van der Waals surface area contributed by atoms with Gasteiger partial charge in [-0.1, -0.05) is 20.8 Å². The molecule has 0 aliphatic rings. The number of benzene rings is 1. The Labute approximate surface area is 144 Å². The van der Waals surface area contributed by atoms with Gasteiger partial charge in [-0.3, -0.25) is 4.79 Å². The first kappa shape index (κ1) is 21.5. The highest BCUT2D eigenvalue weighted by Crippen LogP contribution is 2.30. The Kier molecular flexibility index (Phi) is 8.97. The fourth-order valence-corrected chi connectivity index (χ4v) is 1.72. The highest BCUT2D eigenvalue weighted by Gasteiger charge is 2.27. The summed E-state index contributed by atoms with van der Waals surface area (Å²) in [4.78, 5) is 12.2. The minimum atomic E-state index is -0.604. The minimum absolute atomic E-state index is 0. The number of methoxy groups -OCH3 is 2. The molecular weight excluding hydrogens is 320 g/mol. The third-order valence-electron chi connectivity index (χ3n) is 3.19. The number of nitrogens with one attached hydrogen (secondary N) is 1. The van der Waals surface area contributed by atoms with Gasteiger partial charge in [0.05, 0.1) is 19.8 Å². The first-order chi connectivity index (χ1) is 10.3. The third kappa shape index (κ3) is 6.64. The molecule has 1 aromatic rings. The highest BCUT2D eigenvalue weighted by atomic mass is 35.5. The molecular formula is C16H27ClN2O4. The monoisotopic (exact) mass is 346 g/mol. The van der Waals surface area contributed by atoms with E-state index in [4.69, 9.17) is 19.9 Å². The highest BCUT2D eigenvalue weighted by molar-refractivity contribution is 5.95. The van der Waals surface area contributed by atoms with Crippen molar-refractivity contribution in [2.75, 3.05) is 32.8 Å². The van der Waals surface area contributed by atoms with Crippen LogP contribution in [0.25, 0.3) is 0 Å². The number of carbonyl (C=O) groups excluding carboxylic acids is 1. The van der Waals surface area contributed by atoms with Crippen molar-refractivity contribution in [2.24, 2.45) is 11.1 Å². The molecule has 1 rings (SSSR count). The van der Waals surface area contributed by atoms with Crippen LogP contribution in [0, 0.1) is 5.41 Å². The zero-order valence-corrected chi connectivity index (χ0v) is 15.2. The lowest BCUT2D eigenvalue weighted by atomic mass is 9.87. The smallest absolute Gasteiger partial charge is 0.241 e. The molecule has 0 fully saturated rings. The van der Waals surface area contributed by atoms with E-state index in [1.165, 1.54) is 0 Å². The molecule has 0 heterocycles. The summed E-state index contributed by atoms with van der Waals surface area (Å²) in [5.41, 5.74) is 6.25. The maximum atomic E-state index is 12.2. The van der Waals surface area contributed by atoms with Crippen molar-refractivity contribution in [3.63, 3.8) is 0 Å². The summed E-state index contributed by atoms with van der Waals surface area (Å²) < 4.78 is 15.8. The Bertz CT molecular complexity index is 503. The number of carbonyl (C=O) groups is 1. The van der Waals surface area contributed by atoms with Crippen LogP contribution in [0.4, 0.5) is 5.69 Å². The Morgan fingerprint density at radius 2 is 1.87 bits per heavy atom. The Hall–Kier alpha value is -1.50. The lowest BCUT2D eigenvalue weighted by Gasteiger charge is -2.26. The summed E-state index contributed by atoms with van der Waals surface area (Å²) in [7, 11) is 3.16. The normalized spacial score (nSPS) is 12.1. The molecule has 0 radical (unpaired) electrons. The predicted octanol–water partition coefficient (Wildman–Crippen LogP) is 2.45. The van der Waals surface area contributed by atoms with Gasteiger partial charge in [0.15, 0.2) is 11.5 Å². The number of halogens is 1. The summed E-state index contributed by atoms with van der Waals surface area (Å²) in [6.07, 6.45) is 0. The molecule has 0 aromatic heterocycles. The van der Waals surface area contributed by atoms with E-state index in [0.29, 0.717) is 30.4 Å². The molecule has 1 aromatic carbocycles. The first-order valence-electron chi connectivity index (χ1n) is 7.15. The molecule has 7 heteroatoms. The Morgan fingerprint density at radius 1 is 1.22 bits per heavy atom. The van der Waals surface area contributed by atoms with Crippen molar-refractivity contribution in [3.05, 3.63) is 18.2 Å². The van der Waals surface area contributed by atoms with Gasteiger partial charge in [0.1, 0.15) is 6.61 Å². The number of hydrogen-bond donors (Lipinski definition) is 2. The van der Waals surface area contributed by atoms with Crippen molar-refractivity contribution < 1.29 is 19.0 Å². The van der Waals surface area contributed by atoms with Gasteiger partial charge in [-0.05, 0) is 17.5 Å². The average molecular weight is 347 g/mol.